The Hall–Kier alpha value is -3.07. The summed E-state index contributed by atoms with van der Waals surface area (Å²) in [6, 6.07) is 5.98. The topological polar surface area (TPSA) is 124 Å². The Morgan fingerprint density at radius 3 is 2.47 bits per heavy atom. The Morgan fingerprint density at radius 1 is 1.18 bits per heavy atom. The van der Waals surface area contributed by atoms with Gasteiger partial charge in [-0.05, 0) is 31.2 Å². The third kappa shape index (κ3) is 4.89. The summed E-state index contributed by atoms with van der Waals surface area (Å²) in [7, 11) is 0. The quantitative estimate of drug-likeness (QED) is 0.387. The molecule has 3 aromatic heterocycles. The van der Waals surface area contributed by atoms with Gasteiger partial charge in [0.05, 0.1) is 6.54 Å². The first-order chi connectivity index (χ1) is 16.0. The molecule has 10 nitrogen and oxygen atoms in total. The van der Waals surface area contributed by atoms with Crippen molar-refractivity contribution in [1.29, 1.82) is 0 Å². The Labute approximate surface area is 198 Å². The predicted octanol–water partition coefficient (Wildman–Crippen LogP) is 2.43. The van der Waals surface area contributed by atoms with Crippen LogP contribution in [0.4, 0.5) is 13.2 Å². The normalized spacial score (nSPS) is 13.9. The first-order valence-electron chi connectivity index (χ1n) is 9.76. The van der Waals surface area contributed by atoms with E-state index in [4.69, 9.17) is 11.6 Å². The van der Waals surface area contributed by atoms with Crippen LogP contribution in [0.5, 0.6) is 0 Å². The lowest BCUT2D eigenvalue weighted by Gasteiger charge is -2.15. The number of halogens is 4. The fourth-order valence-electron chi connectivity index (χ4n) is 3.10. The molecule has 0 bridgehead atoms. The maximum Gasteiger partial charge on any atom is 0.416 e. The predicted molar refractivity (Wildman–Crippen MR) is 116 cm³/mol. The van der Waals surface area contributed by atoms with Crippen molar-refractivity contribution in [2.24, 2.45) is 0 Å². The number of nitrogens with zero attached hydrogens (tertiary/aromatic N) is 7. The van der Waals surface area contributed by atoms with Crippen molar-refractivity contribution in [2.45, 2.75) is 38.4 Å². The van der Waals surface area contributed by atoms with Crippen LogP contribution in [0.1, 0.15) is 24.7 Å². The SMILES string of the molecule is C[C@H](O)c1nc(Cn2nc(-c3ccc(Cl)cc3)n(C[C@H](O)C(F)(F)F)c2=O)nn1-c1nccs1. The lowest BCUT2D eigenvalue weighted by molar-refractivity contribution is -0.207. The zero-order valence-corrected chi connectivity index (χ0v) is 19.0. The molecule has 4 rings (SSSR count). The first kappa shape index (κ1) is 24.1. The van der Waals surface area contributed by atoms with Gasteiger partial charge in [-0.25, -0.2) is 19.4 Å². The number of aliphatic hydroxyl groups is 2. The zero-order valence-electron chi connectivity index (χ0n) is 17.4. The van der Waals surface area contributed by atoms with Gasteiger partial charge in [-0.15, -0.1) is 21.5 Å². The molecule has 2 N–H and O–H groups in total. The lowest BCUT2D eigenvalue weighted by atomic mass is 10.2. The van der Waals surface area contributed by atoms with Gasteiger partial charge in [0.1, 0.15) is 12.6 Å². The van der Waals surface area contributed by atoms with E-state index in [-0.39, 0.29) is 24.0 Å². The van der Waals surface area contributed by atoms with Crippen molar-refractivity contribution in [3.8, 4) is 16.5 Å². The summed E-state index contributed by atoms with van der Waals surface area (Å²) < 4.78 is 41.9. The molecule has 2 atom stereocenters. The molecule has 0 spiro atoms. The molecule has 15 heteroatoms. The molecular formula is C19H17ClF3N7O3S. The number of rotatable bonds is 7. The van der Waals surface area contributed by atoms with Gasteiger partial charge in [0.25, 0.3) is 0 Å². The van der Waals surface area contributed by atoms with Gasteiger partial charge >= 0.3 is 11.9 Å². The molecule has 0 radical (unpaired) electrons. The van der Waals surface area contributed by atoms with Gasteiger partial charge in [0.15, 0.2) is 23.6 Å². The summed E-state index contributed by atoms with van der Waals surface area (Å²) >= 11 is 7.13. The van der Waals surface area contributed by atoms with Crippen LogP contribution < -0.4 is 5.69 Å². The number of hydrogen-bond acceptors (Lipinski definition) is 8. The minimum absolute atomic E-state index is 0.0804. The average Bonchev–Trinajstić information content (AvgIpc) is 3.49. The zero-order chi connectivity index (χ0) is 24.6. The second-order valence-corrected chi connectivity index (χ2v) is 8.54. The molecule has 0 saturated heterocycles. The summed E-state index contributed by atoms with van der Waals surface area (Å²) in [6.45, 7) is 0.128. The molecule has 0 amide bonds. The highest BCUT2D eigenvalue weighted by molar-refractivity contribution is 7.12. The van der Waals surface area contributed by atoms with E-state index in [1.807, 2.05) is 0 Å². The largest absolute Gasteiger partial charge is 0.416 e. The molecule has 0 saturated carbocycles. The molecule has 0 unspecified atom stereocenters. The molecule has 3 heterocycles. The fraction of sp³-hybridized carbons (Fsp3) is 0.316. The van der Waals surface area contributed by atoms with Gasteiger partial charge in [-0.1, -0.05) is 11.6 Å². The van der Waals surface area contributed by atoms with Crippen LogP contribution in [0.3, 0.4) is 0 Å². The Balaban J connectivity index is 1.76. The number of aliphatic hydroxyl groups excluding tert-OH is 2. The summed E-state index contributed by atoms with van der Waals surface area (Å²) in [5.74, 6) is 0.153. The second-order valence-electron chi connectivity index (χ2n) is 7.23. The van der Waals surface area contributed by atoms with E-state index in [2.05, 4.69) is 20.2 Å². The average molecular weight is 516 g/mol. The molecule has 1 aromatic carbocycles. The van der Waals surface area contributed by atoms with E-state index in [0.717, 1.165) is 9.25 Å². The smallest absolute Gasteiger partial charge is 0.385 e. The van der Waals surface area contributed by atoms with Crippen molar-refractivity contribution in [2.75, 3.05) is 0 Å². The van der Waals surface area contributed by atoms with Gasteiger partial charge in [-0.2, -0.15) is 17.9 Å². The van der Waals surface area contributed by atoms with Crippen LogP contribution >= 0.6 is 22.9 Å². The third-order valence-electron chi connectivity index (χ3n) is 4.70. The maximum absolute atomic E-state index is 13.0. The van der Waals surface area contributed by atoms with Crippen molar-refractivity contribution >= 4 is 22.9 Å². The minimum Gasteiger partial charge on any atom is -0.385 e. The Bertz CT molecular complexity index is 1330. The molecule has 0 aliphatic heterocycles. The van der Waals surface area contributed by atoms with E-state index in [0.29, 0.717) is 15.7 Å². The van der Waals surface area contributed by atoms with E-state index in [1.165, 1.54) is 47.2 Å². The highest BCUT2D eigenvalue weighted by Gasteiger charge is 2.39. The second kappa shape index (κ2) is 9.29. The monoisotopic (exact) mass is 515 g/mol. The minimum atomic E-state index is -4.93. The van der Waals surface area contributed by atoms with Crippen LogP contribution in [0.25, 0.3) is 16.5 Å². The highest BCUT2D eigenvalue weighted by atomic mass is 35.5. The maximum atomic E-state index is 13.0. The number of thiazole rings is 1. The highest BCUT2D eigenvalue weighted by Crippen LogP contribution is 2.24. The summed E-state index contributed by atoms with van der Waals surface area (Å²) in [6.07, 6.45) is -7.17. The molecule has 0 aliphatic carbocycles. The molecule has 4 aromatic rings. The van der Waals surface area contributed by atoms with Crippen LogP contribution in [-0.4, -0.2) is 56.6 Å². The lowest BCUT2D eigenvalue weighted by Crippen LogP contribution is -2.37. The van der Waals surface area contributed by atoms with E-state index >= 15 is 0 Å². The number of alkyl halides is 3. The van der Waals surface area contributed by atoms with Crippen LogP contribution in [-0.2, 0) is 13.1 Å². The van der Waals surface area contributed by atoms with Gasteiger partial charge in [0, 0.05) is 22.2 Å². The summed E-state index contributed by atoms with van der Waals surface area (Å²) in [5.41, 5.74) is -0.585. The van der Waals surface area contributed by atoms with Crippen LogP contribution in [0.2, 0.25) is 5.02 Å². The third-order valence-corrected chi connectivity index (χ3v) is 5.70. The fourth-order valence-corrected chi connectivity index (χ4v) is 3.82. The van der Waals surface area contributed by atoms with Crippen molar-refractivity contribution in [1.82, 2.24) is 34.1 Å². The molecule has 34 heavy (non-hydrogen) atoms. The van der Waals surface area contributed by atoms with Crippen molar-refractivity contribution in [3.63, 3.8) is 0 Å². The summed E-state index contributed by atoms with van der Waals surface area (Å²) in [5, 5.41) is 30.6. The van der Waals surface area contributed by atoms with Gasteiger partial charge < -0.3 is 10.2 Å². The van der Waals surface area contributed by atoms with Crippen LogP contribution in [0.15, 0.2) is 40.6 Å². The summed E-state index contributed by atoms with van der Waals surface area (Å²) in [4.78, 5) is 21.3. The standard InChI is InChI=1S/C19H17ClF3N7O3S/c1-10(31)15-25-14(26-30(15)17-24-6-7-34-17)9-29-18(33)28(8-13(32)19(21,22)23)16(27-29)11-2-4-12(20)5-3-11/h2-7,10,13,31-32H,8-9H2,1H3/t10-,13-/m0/s1. The van der Waals surface area contributed by atoms with Crippen molar-refractivity contribution in [3.05, 3.63) is 63.0 Å². The van der Waals surface area contributed by atoms with E-state index in [1.54, 1.807) is 11.6 Å². The van der Waals surface area contributed by atoms with E-state index < -0.39 is 30.6 Å². The molecule has 0 aliphatic rings. The number of aromatic nitrogens is 7. The first-order valence-corrected chi connectivity index (χ1v) is 11.0. The molecule has 0 fully saturated rings. The Morgan fingerprint density at radius 2 is 1.88 bits per heavy atom. The molecule has 180 valence electrons. The van der Waals surface area contributed by atoms with Gasteiger partial charge in [-0.3, -0.25) is 4.57 Å². The Kier molecular flexibility index (Phi) is 6.58. The van der Waals surface area contributed by atoms with E-state index in [9.17, 15) is 28.2 Å². The van der Waals surface area contributed by atoms with Crippen LogP contribution in [0, 0.1) is 0 Å². The number of hydrogen-bond donors (Lipinski definition) is 2. The van der Waals surface area contributed by atoms with Crippen molar-refractivity contribution < 1.29 is 23.4 Å². The van der Waals surface area contributed by atoms with Gasteiger partial charge in [0.2, 0.25) is 5.13 Å². The molecular weight excluding hydrogens is 499 g/mol. The number of benzene rings is 1.